The molecule has 4 heteroatoms. The molecule has 0 saturated heterocycles. The number of carbonyl (C=O) groups is 1. The maximum Gasteiger partial charge on any atom is 0.234 e. The van der Waals surface area contributed by atoms with Gasteiger partial charge in [0.25, 0.3) is 0 Å². The Balaban J connectivity index is 3.72. The zero-order chi connectivity index (χ0) is 12.6. The highest BCUT2D eigenvalue weighted by atomic mass is 16.3. The average Bonchev–Trinajstić information content (AvgIpc) is 2.22. The summed E-state index contributed by atoms with van der Waals surface area (Å²) in [6.45, 7) is 10.7. The molecule has 0 rings (SSSR count). The zero-order valence-electron chi connectivity index (χ0n) is 11.0. The summed E-state index contributed by atoms with van der Waals surface area (Å²) >= 11 is 0. The van der Waals surface area contributed by atoms with Crippen LogP contribution in [0.4, 0.5) is 0 Å². The Morgan fingerprint density at radius 2 is 1.88 bits per heavy atom. The summed E-state index contributed by atoms with van der Waals surface area (Å²) in [5.41, 5.74) is 0. The summed E-state index contributed by atoms with van der Waals surface area (Å²) in [5.74, 6) is 0.446. The quantitative estimate of drug-likeness (QED) is 0.650. The van der Waals surface area contributed by atoms with Crippen molar-refractivity contribution in [2.75, 3.05) is 26.2 Å². The van der Waals surface area contributed by atoms with E-state index in [1.54, 1.807) is 0 Å². The normalized spacial score (nSPS) is 13.2. The molecule has 0 aromatic rings. The molecule has 0 aromatic carbocycles. The number of aliphatic hydroxyl groups excluding tert-OH is 1. The van der Waals surface area contributed by atoms with Crippen molar-refractivity contribution in [3.05, 3.63) is 0 Å². The van der Waals surface area contributed by atoms with Crippen LogP contribution in [-0.4, -0.2) is 48.2 Å². The highest BCUT2D eigenvalue weighted by molar-refractivity contribution is 5.78. The second-order valence-electron chi connectivity index (χ2n) is 4.55. The van der Waals surface area contributed by atoms with Crippen molar-refractivity contribution >= 4 is 5.91 Å². The fourth-order valence-corrected chi connectivity index (χ4v) is 1.57. The molecular weight excluding hydrogens is 204 g/mol. The van der Waals surface area contributed by atoms with Gasteiger partial charge in [-0.05, 0) is 25.4 Å². The number of amides is 1. The fraction of sp³-hybridized carbons (Fsp3) is 0.917. The third kappa shape index (κ3) is 7.65. The SMILES string of the molecule is CCN(CC)CC(=O)NCC(O)CC(C)C. The maximum absolute atomic E-state index is 11.5. The Morgan fingerprint density at radius 3 is 2.31 bits per heavy atom. The number of nitrogens with zero attached hydrogens (tertiary/aromatic N) is 1. The lowest BCUT2D eigenvalue weighted by atomic mass is 10.1. The van der Waals surface area contributed by atoms with Crippen LogP contribution < -0.4 is 5.32 Å². The molecule has 0 bridgehead atoms. The number of likely N-dealkylation sites (N-methyl/N-ethyl adjacent to an activating group) is 1. The van der Waals surface area contributed by atoms with Crippen LogP contribution in [0.1, 0.15) is 34.1 Å². The first-order valence-corrected chi connectivity index (χ1v) is 6.16. The molecule has 0 aliphatic rings. The van der Waals surface area contributed by atoms with Gasteiger partial charge in [-0.2, -0.15) is 0 Å². The molecule has 1 atom stereocenters. The van der Waals surface area contributed by atoms with E-state index in [-0.39, 0.29) is 5.91 Å². The summed E-state index contributed by atoms with van der Waals surface area (Å²) in [7, 11) is 0. The minimum absolute atomic E-state index is 0.00786. The first kappa shape index (κ1) is 15.4. The van der Waals surface area contributed by atoms with Gasteiger partial charge in [-0.15, -0.1) is 0 Å². The van der Waals surface area contributed by atoms with E-state index in [0.29, 0.717) is 19.0 Å². The molecule has 2 N–H and O–H groups in total. The fourth-order valence-electron chi connectivity index (χ4n) is 1.57. The summed E-state index contributed by atoms with van der Waals surface area (Å²) in [6, 6.07) is 0. The molecule has 16 heavy (non-hydrogen) atoms. The van der Waals surface area contributed by atoms with Crippen LogP contribution in [0, 0.1) is 5.92 Å². The van der Waals surface area contributed by atoms with Crippen molar-refractivity contribution in [2.24, 2.45) is 5.92 Å². The highest BCUT2D eigenvalue weighted by Gasteiger charge is 2.10. The molecule has 96 valence electrons. The monoisotopic (exact) mass is 230 g/mol. The van der Waals surface area contributed by atoms with Crippen LogP contribution in [0.5, 0.6) is 0 Å². The van der Waals surface area contributed by atoms with E-state index < -0.39 is 6.10 Å². The van der Waals surface area contributed by atoms with E-state index in [0.717, 1.165) is 19.5 Å². The molecule has 0 aliphatic heterocycles. The van der Waals surface area contributed by atoms with Crippen LogP contribution in [-0.2, 0) is 4.79 Å². The summed E-state index contributed by atoms with van der Waals surface area (Å²) in [6.07, 6.45) is 0.298. The number of rotatable bonds is 8. The number of aliphatic hydroxyl groups is 1. The average molecular weight is 230 g/mol. The van der Waals surface area contributed by atoms with E-state index in [1.165, 1.54) is 0 Å². The molecule has 1 amide bonds. The van der Waals surface area contributed by atoms with Gasteiger partial charge in [-0.25, -0.2) is 0 Å². The van der Waals surface area contributed by atoms with Crippen LogP contribution in [0.3, 0.4) is 0 Å². The van der Waals surface area contributed by atoms with Crippen LogP contribution in [0.2, 0.25) is 0 Å². The lowest BCUT2D eigenvalue weighted by molar-refractivity contribution is -0.122. The van der Waals surface area contributed by atoms with Crippen molar-refractivity contribution in [2.45, 2.75) is 40.2 Å². The Bertz CT molecular complexity index is 191. The van der Waals surface area contributed by atoms with Gasteiger partial charge in [0.05, 0.1) is 12.6 Å². The van der Waals surface area contributed by atoms with Crippen molar-refractivity contribution in [3.8, 4) is 0 Å². The molecule has 4 nitrogen and oxygen atoms in total. The van der Waals surface area contributed by atoms with Crippen LogP contribution in [0.25, 0.3) is 0 Å². The smallest absolute Gasteiger partial charge is 0.234 e. The van der Waals surface area contributed by atoms with E-state index >= 15 is 0 Å². The Hall–Kier alpha value is -0.610. The number of hydrogen-bond donors (Lipinski definition) is 2. The third-order valence-electron chi connectivity index (χ3n) is 2.54. The van der Waals surface area contributed by atoms with E-state index in [9.17, 15) is 9.90 Å². The van der Waals surface area contributed by atoms with Crippen molar-refractivity contribution in [1.82, 2.24) is 10.2 Å². The Morgan fingerprint density at radius 1 is 1.31 bits per heavy atom. The third-order valence-corrected chi connectivity index (χ3v) is 2.54. The van der Waals surface area contributed by atoms with E-state index in [4.69, 9.17) is 0 Å². The summed E-state index contributed by atoms with van der Waals surface area (Å²) in [5, 5.41) is 12.3. The zero-order valence-corrected chi connectivity index (χ0v) is 11.0. The number of carbonyl (C=O) groups excluding carboxylic acids is 1. The van der Waals surface area contributed by atoms with Gasteiger partial charge in [-0.3, -0.25) is 9.69 Å². The Kier molecular flexibility index (Phi) is 8.21. The second kappa shape index (κ2) is 8.53. The lowest BCUT2D eigenvalue weighted by Gasteiger charge is -2.18. The number of nitrogens with one attached hydrogen (secondary N) is 1. The summed E-state index contributed by atoms with van der Waals surface area (Å²) in [4.78, 5) is 13.5. The maximum atomic E-state index is 11.5. The molecule has 0 saturated carbocycles. The van der Waals surface area contributed by atoms with Crippen LogP contribution in [0.15, 0.2) is 0 Å². The van der Waals surface area contributed by atoms with E-state index in [1.807, 2.05) is 18.7 Å². The minimum atomic E-state index is -0.430. The number of hydrogen-bond acceptors (Lipinski definition) is 3. The standard InChI is InChI=1S/C12H26N2O2/c1-5-14(6-2)9-12(16)13-8-11(15)7-10(3)4/h10-11,15H,5-9H2,1-4H3,(H,13,16). The molecule has 0 radical (unpaired) electrons. The molecule has 0 fully saturated rings. The van der Waals surface area contributed by atoms with Crippen LogP contribution >= 0.6 is 0 Å². The van der Waals surface area contributed by atoms with Gasteiger partial charge in [0, 0.05) is 6.54 Å². The predicted molar refractivity (Wildman–Crippen MR) is 66.3 cm³/mol. The molecule has 0 heterocycles. The predicted octanol–water partition coefficient (Wildman–Crippen LogP) is 0.851. The van der Waals surface area contributed by atoms with Gasteiger partial charge in [0.15, 0.2) is 0 Å². The van der Waals surface area contributed by atoms with Gasteiger partial charge >= 0.3 is 0 Å². The van der Waals surface area contributed by atoms with Gasteiger partial charge in [-0.1, -0.05) is 27.7 Å². The lowest BCUT2D eigenvalue weighted by Crippen LogP contribution is -2.40. The van der Waals surface area contributed by atoms with Crippen molar-refractivity contribution in [3.63, 3.8) is 0 Å². The largest absolute Gasteiger partial charge is 0.391 e. The molecule has 0 spiro atoms. The van der Waals surface area contributed by atoms with Crippen molar-refractivity contribution < 1.29 is 9.90 Å². The molecule has 1 unspecified atom stereocenters. The van der Waals surface area contributed by atoms with Gasteiger partial charge in [0.1, 0.15) is 0 Å². The molecule has 0 aromatic heterocycles. The minimum Gasteiger partial charge on any atom is -0.391 e. The van der Waals surface area contributed by atoms with Gasteiger partial charge < -0.3 is 10.4 Å². The van der Waals surface area contributed by atoms with E-state index in [2.05, 4.69) is 19.2 Å². The Labute approximate surface area is 99.0 Å². The summed E-state index contributed by atoms with van der Waals surface area (Å²) < 4.78 is 0. The second-order valence-corrected chi connectivity index (χ2v) is 4.55. The first-order chi connectivity index (χ1) is 7.49. The van der Waals surface area contributed by atoms with Gasteiger partial charge in [0.2, 0.25) is 5.91 Å². The van der Waals surface area contributed by atoms with Crippen molar-refractivity contribution in [1.29, 1.82) is 0 Å². The molecular formula is C12H26N2O2. The molecule has 0 aliphatic carbocycles. The first-order valence-electron chi connectivity index (χ1n) is 6.16. The highest BCUT2D eigenvalue weighted by Crippen LogP contribution is 2.03. The topological polar surface area (TPSA) is 52.6 Å².